The molecule has 2 amide bonds. The molecule has 1 saturated heterocycles. The normalized spacial score (nSPS) is 26.9. The van der Waals surface area contributed by atoms with E-state index >= 15 is 0 Å². The monoisotopic (exact) mass is 221 g/mol. The molecule has 1 unspecified atom stereocenters. The van der Waals surface area contributed by atoms with Crippen molar-refractivity contribution in [2.24, 2.45) is 5.92 Å². The first-order valence-corrected chi connectivity index (χ1v) is 6.04. The maximum Gasteiger partial charge on any atom is 0.319 e. The van der Waals surface area contributed by atoms with Gasteiger partial charge in [-0.25, -0.2) is 4.79 Å². The molecule has 1 atom stereocenters. The van der Waals surface area contributed by atoms with Gasteiger partial charge in [-0.3, -0.25) is 0 Å². The molecule has 0 spiro atoms. The minimum absolute atomic E-state index is 0.0801. The Hall–Kier alpha value is -1.24. The maximum absolute atomic E-state index is 11.8. The summed E-state index contributed by atoms with van der Waals surface area (Å²) in [6.07, 6.45) is 4.98. The zero-order chi connectivity index (χ0) is 11.8. The topological polar surface area (TPSA) is 56.1 Å². The van der Waals surface area contributed by atoms with Crippen molar-refractivity contribution < 1.29 is 4.79 Å². The maximum atomic E-state index is 11.8. The van der Waals surface area contributed by atoms with Crippen LogP contribution >= 0.6 is 0 Å². The molecule has 4 nitrogen and oxygen atoms in total. The first kappa shape index (κ1) is 11.3. The van der Waals surface area contributed by atoms with Gasteiger partial charge in [0.05, 0.1) is 12.1 Å². The Bertz CT molecular complexity index is 326. The smallest absolute Gasteiger partial charge is 0.319 e. The minimum Gasteiger partial charge on any atom is -0.333 e. The van der Waals surface area contributed by atoms with Crippen LogP contribution in [0.2, 0.25) is 0 Å². The summed E-state index contributed by atoms with van der Waals surface area (Å²) >= 11 is 0. The van der Waals surface area contributed by atoms with Gasteiger partial charge in [-0.15, -0.1) is 0 Å². The molecule has 1 saturated carbocycles. The van der Waals surface area contributed by atoms with Crippen LogP contribution in [-0.4, -0.2) is 29.1 Å². The van der Waals surface area contributed by atoms with Gasteiger partial charge in [0.2, 0.25) is 0 Å². The van der Waals surface area contributed by atoms with E-state index in [4.69, 9.17) is 5.26 Å². The lowest BCUT2D eigenvalue weighted by molar-refractivity contribution is 0.185. The van der Waals surface area contributed by atoms with E-state index in [1.807, 2.05) is 0 Å². The van der Waals surface area contributed by atoms with Gasteiger partial charge in [-0.2, -0.15) is 5.26 Å². The summed E-state index contributed by atoms with van der Waals surface area (Å²) in [5.41, 5.74) is -0.697. The summed E-state index contributed by atoms with van der Waals surface area (Å²) in [5, 5.41) is 12.1. The summed E-state index contributed by atoms with van der Waals surface area (Å²) in [7, 11) is 0. The molecule has 2 aliphatic rings. The second kappa shape index (κ2) is 3.97. The Morgan fingerprint density at radius 3 is 2.62 bits per heavy atom. The van der Waals surface area contributed by atoms with Crippen LogP contribution in [0.5, 0.6) is 0 Å². The van der Waals surface area contributed by atoms with Crippen LogP contribution in [0.1, 0.15) is 39.5 Å². The van der Waals surface area contributed by atoms with Crippen LogP contribution in [-0.2, 0) is 0 Å². The van der Waals surface area contributed by atoms with E-state index in [0.717, 1.165) is 0 Å². The predicted molar refractivity (Wildman–Crippen MR) is 60.7 cm³/mol. The van der Waals surface area contributed by atoms with Crippen LogP contribution in [0.3, 0.4) is 0 Å². The van der Waals surface area contributed by atoms with E-state index in [9.17, 15) is 4.79 Å². The van der Waals surface area contributed by atoms with Crippen molar-refractivity contribution in [3.05, 3.63) is 0 Å². The molecule has 0 aromatic heterocycles. The highest BCUT2D eigenvalue weighted by Crippen LogP contribution is 2.31. The number of urea groups is 1. The molecule has 0 radical (unpaired) electrons. The second-order valence-electron chi connectivity index (χ2n) is 5.38. The van der Waals surface area contributed by atoms with Crippen LogP contribution in [0.15, 0.2) is 0 Å². The quantitative estimate of drug-likeness (QED) is 0.774. The number of carbonyl (C=O) groups excluding carboxylic acids is 1. The SMILES string of the molecule is CC(C)(C#N)N1CC(C2CCCC2)NC1=O. The van der Waals surface area contributed by atoms with Crippen LogP contribution in [0, 0.1) is 17.2 Å². The van der Waals surface area contributed by atoms with E-state index in [-0.39, 0.29) is 12.1 Å². The van der Waals surface area contributed by atoms with Gasteiger partial charge >= 0.3 is 6.03 Å². The molecule has 1 aliphatic carbocycles. The summed E-state index contributed by atoms with van der Waals surface area (Å²) in [4.78, 5) is 13.5. The number of hydrogen-bond donors (Lipinski definition) is 1. The van der Waals surface area contributed by atoms with E-state index in [0.29, 0.717) is 12.5 Å². The first-order chi connectivity index (χ1) is 7.54. The number of hydrogen-bond acceptors (Lipinski definition) is 2. The third kappa shape index (κ3) is 1.87. The van der Waals surface area contributed by atoms with Crippen LogP contribution in [0.25, 0.3) is 0 Å². The first-order valence-electron chi connectivity index (χ1n) is 6.04. The molecule has 0 aromatic carbocycles. The van der Waals surface area contributed by atoms with Gasteiger partial charge in [0.15, 0.2) is 0 Å². The van der Waals surface area contributed by atoms with E-state index < -0.39 is 5.54 Å². The zero-order valence-electron chi connectivity index (χ0n) is 9.99. The van der Waals surface area contributed by atoms with Gasteiger partial charge in [0.25, 0.3) is 0 Å². The fraction of sp³-hybridized carbons (Fsp3) is 0.833. The zero-order valence-corrected chi connectivity index (χ0v) is 9.99. The Balaban J connectivity index is 2.04. The molecule has 1 heterocycles. The highest BCUT2D eigenvalue weighted by molar-refractivity contribution is 5.78. The molecule has 2 fully saturated rings. The van der Waals surface area contributed by atoms with Crippen molar-refractivity contribution >= 4 is 6.03 Å². The fourth-order valence-electron chi connectivity index (χ4n) is 2.73. The number of amides is 2. The third-order valence-corrected chi connectivity index (χ3v) is 3.85. The summed E-state index contributed by atoms with van der Waals surface area (Å²) in [5.74, 6) is 0.614. The van der Waals surface area contributed by atoms with Crippen LogP contribution in [0.4, 0.5) is 4.79 Å². The second-order valence-corrected chi connectivity index (χ2v) is 5.38. The molecular formula is C12H19N3O. The number of carbonyl (C=O) groups is 1. The third-order valence-electron chi connectivity index (χ3n) is 3.85. The Labute approximate surface area is 96.6 Å². The lowest BCUT2D eigenvalue weighted by Gasteiger charge is -2.28. The minimum atomic E-state index is -0.697. The predicted octanol–water partition coefficient (Wildman–Crippen LogP) is 1.87. The molecule has 16 heavy (non-hydrogen) atoms. The fourth-order valence-corrected chi connectivity index (χ4v) is 2.73. The van der Waals surface area contributed by atoms with Crippen molar-refractivity contribution in [1.29, 1.82) is 5.26 Å². The summed E-state index contributed by atoms with van der Waals surface area (Å²) < 4.78 is 0. The highest BCUT2D eigenvalue weighted by Gasteiger charge is 2.41. The summed E-state index contributed by atoms with van der Waals surface area (Å²) in [6, 6.07) is 2.36. The van der Waals surface area contributed by atoms with Crippen molar-refractivity contribution in [3.8, 4) is 6.07 Å². The average Bonchev–Trinajstić information content (AvgIpc) is 2.85. The van der Waals surface area contributed by atoms with Gasteiger partial charge in [0, 0.05) is 6.54 Å². The molecule has 4 heteroatoms. The molecular weight excluding hydrogens is 202 g/mol. The highest BCUT2D eigenvalue weighted by atomic mass is 16.2. The van der Waals surface area contributed by atoms with E-state index in [2.05, 4.69) is 11.4 Å². The van der Waals surface area contributed by atoms with Gasteiger partial charge in [-0.1, -0.05) is 12.8 Å². The number of rotatable bonds is 2. The van der Waals surface area contributed by atoms with Crippen molar-refractivity contribution in [2.75, 3.05) is 6.54 Å². The Kier molecular flexibility index (Phi) is 2.79. The average molecular weight is 221 g/mol. The number of nitriles is 1. The van der Waals surface area contributed by atoms with E-state index in [1.165, 1.54) is 25.7 Å². The van der Waals surface area contributed by atoms with Crippen molar-refractivity contribution in [2.45, 2.75) is 51.1 Å². The molecule has 1 aliphatic heterocycles. The standard InChI is InChI=1S/C12H19N3O/c1-12(2,8-13)15-7-10(14-11(15)16)9-5-3-4-6-9/h9-10H,3-7H2,1-2H3,(H,14,16). The van der Waals surface area contributed by atoms with Gasteiger partial charge in [-0.05, 0) is 32.6 Å². The largest absolute Gasteiger partial charge is 0.333 e. The molecule has 2 rings (SSSR count). The Morgan fingerprint density at radius 1 is 1.44 bits per heavy atom. The number of nitrogens with one attached hydrogen (secondary N) is 1. The number of nitrogens with zero attached hydrogens (tertiary/aromatic N) is 2. The van der Waals surface area contributed by atoms with E-state index in [1.54, 1.807) is 18.7 Å². The molecule has 0 aromatic rings. The lowest BCUT2D eigenvalue weighted by Crippen LogP contribution is -2.44. The molecule has 0 bridgehead atoms. The molecule has 88 valence electrons. The summed E-state index contributed by atoms with van der Waals surface area (Å²) in [6.45, 7) is 4.28. The van der Waals surface area contributed by atoms with Crippen molar-refractivity contribution in [1.82, 2.24) is 10.2 Å². The Morgan fingerprint density at radius 2 is 2.06 bits per heavy atom. The van der Waals surface area contributed by atoms with Crippen LogP contribution < -0.4 is 5.32 Å². The lowest BCUT2D eigenvalue weighted by atomic mass is 9.98. The van der Waals surface area contributed by atoms with Gasteiger partial charge < -0.3 is 10.2 Å². The van der Waals surface area contributed by atoms with Crippen molar-refractivity contribution in [3.63, 3.8) is 0 Å². The van der Waals surface area contributed by atoms with Gasteiger partial charge in [0.1, 0.15) is 5.54 Å². The molecule has 1 N–H and O–H groups in total.